The van der Waals surface area contributed by atoms with Gasteiger partial charge in [-0.25, -0.2) is 19.2 Å². The number of nitrogens with zero attached hydrogens (tertiary/aromatic N) is 3. The van der Waals surface area contributed by atoms with E-state index in [-0.39, 0.29) is 13.2 Å². The van der Waals surface area contributed by atoms with E-state index in [0.29, 0.717) is 71.1 Å². The Morgan fingerprint density at radius 1 is 0.438 bits per heavy atom. The number of esters is 2. The van der Waals surface area contributed by atoms with Crippen molar-refractivity contribution < 1.29 is 52.2 Å². The van der Waals surface area contributed by atoms with Crippen LogP contribution in [0.15, 0.2) is 127 Å². The van der Waals surface area contributed by atoms with Crippen molar-refractivity contribution in [3.05, 3.63) is 183 Å². The van der Waals surface area contributed by atoms with Crippen molar-refractivity contribution in [2.45, 2.75) is 171 Å². The maximum absolute atomic E-state index is 14.1. The molecule has 0 aromatic heterocycles. The molecule has 1 aliphatic heterocycles. The second-order valence-electron chi connectivity index (χ2n) is 29.0. The van der Waals surface area contributed by atoms with Gasteiger partial charge in [-0.3, -0.25) is 0 Å². The Morgan fingerprint density at radius 2 is 0.787 bits per heavy atom. The molecule has 0 saturated carbocycles. The highest BCUT2D eigenvalue weighted by Gasteiger charge is 2.38. The number of hydrogen-bond donors (Lipinski definition) is 0. The van der Waals surface area contributed by atoms with Gasteiger partial charge < -0.3 is 38.2 Å². The van der Waals surface area contributed by atoms with Crippen LogP contribution in [0.2, 0.25) is 0 Å². The van der Waals surface area contributed by atoms with Crippen LogP contribution < -0.4 is 19.3 Å². The summed E-state index contributed by atoms with van der Waals surface area (Å²) in [5.74, 6) is -0.145. The SMILES string of the molecule is CCN(CCOC(=O)c1cc(C(C)(C)C)c(OC(=O)OC(C)(C)C)c(C(C)(C)C)c1)c1ccc(C(=C2C(c3ccccc3)=[N+](C)c3ccccc32)c2ccc(N(CC)CCOC(=O)c3cc(C(C)(C)C)c(OC(=O)OC(C)(C)C)c(C(C)(C)C)c3)cc2)cc1. The van der Waals surface area contributed by atoms with E-state index in [0.717, 1.165) is 56.2 Å². The average Bonchev–Trinajstić information content (AvgIpc) is 1.74. The lowest BCUT2D eigenvalue weighted by molar-refractivity contribution is -0.400. The topological polar surface area (TPSA) is 133 Å². The smallest absolute Gasteiger partial charge is 0.460 e. The molecular formula is C76H96N3O10+. The molecule has 7 rings (SSSR count). The molecule has 0 saturated heterocycles. The second kappa shape index (κ2) is 26.9. The molecule has 1 aliphatic rings. The second-order valence-corrected chi connectivity index (χ2v) is 29.0. The third-order valence-electron chi connectivity index (χ3n) is 15.4. The van der Waals surface area contributed by atoms with Gasteiger partial charge in [0.1, 0.15) is 43.0 Å². The van der Waals surface area contributed by atoms with Crippen LogP contribution in [0.1, 0.15) is 204 Å². The highest BCUT2D eigenvalue weighted by molar-refractivity contribution is 6.38. The number of fused-ring (bicyclic) bond motifs is 1. The maximum atomic E-state index is 14.1. The lowest BCUT2D eigenvalue weighted by Gasteiger charge is -2.30. The number of para-hydroxylation sites is 1. The Bertz CT molecular complexity index is 3360. The fraction of sp³-hybridized carbons (Fsp3) is 0.434. The number of likely N-dealkylation sites (N-methyl/N-ethyl adjacent to an activating group) is 2. The van der Waals surface area contributed by atoms with E-state index >= 15 is 0 Å². The van der Waals surface area contributed by atoms with Crippen molar-refractivity contribution in [2.24, 2.45) is 0 Å². The third-order valence-corrected chi connectivity index (χ3v) is 15.4. The van der Waals surface area contributed by atoms with Gasteiger partial charge in [-0.1, -0.05) is 138 Å². The van der Waals surface area contributed by atoms with Crippen molar-refractivity contribution in [3.63, 3.8) is 0 Å². The molecular weight excluding hydrogens is 1110 g/mol. The molecule has 0 bridgehead atoms. The zero-order chi connectivity index (χ0) is 65.8. The van der Waals surface area contributed by atoms with Crippen LogP contribution in [-0.4, -0.2) is 92.2 Å². The first-order valence-corrected chi connectivity index (χ1v) is 31.1. The number of rotatable bonds is 17. The van der Waals surface area contributed by atoms with Gasteiger partial charge in [0.2, 0.25) is 11.4 Å². The van der Waals surface area contributed by atoms with Gasteiger partial charge in [-0.05, 0) is 155 Å². The van der Waals surface area contributed by atoms with Crippen LogP contribution in [0.4, 0.5) is 26.7 Å². The van der Waals surface area contributed by atoms with Crippen molar-refractivity contribution in [1.82, 2.24) is 0 Å². The van der Waals surface area contributed by atoms with Crippen molar-refractivity contribution in [1.29, 1.82) is 0 Å². The molecule has 474 valence electrons. The first-order valence-electron chi connectivity index (χ1n) is 31.1. The van der Waals surface area contributed by atoms with E-state index in [1.54, 1.807) is 65.8 Å². The zero-order valence-electron chi connectivity index (χ0n) is 56.8. The number of hydrogen-bond acceptors (Lipinski definition) is 12. The number of ether oxygens (including phenoxy) is 6. The lowest BCUT2D eigenvalue weighted by atomic mass is 9.78. The Labute approximate surface area is 530 Å². The van der Waals surface area contributed by atoms with E-state index in [2.05, 4.69) is 132 Å². The molecule has 0 atom stereocenters. The number of carbonyl (C=O) groups is 4. The minimum Gasteiger partial charge on any atom is -0.460 e. The first-order chi connectivity index (χ1) is 41.4. The molecule has 13 heteroatoms. The summed E-state index contributed by atoms with van der Waals surface area (Å²) in [6.45, 7) is 41.6. The van der Waals surface area contributed by atoms with Crippen molar-refractivity contribution in [2.75, 3.05) is 56.2 Å². The summed E-state index contributed by atoms with van der Waals surface area (Å²) < 4.78 is 37.4. The maximum Gasteiger partial charge on any atom is 0.514 e. The van der Waals surface area contributed by atoms with Gasteiger partial charge >= 0.3 is 24.2 Å². The Hall–Kier alpha value is -8.19. The van der Waals surface area contributed by atoms with E-state index < -0.39 is 57.1 Å². The molecule has 0 spiro atoms. The third kappa shape index (κ3) is 17.0. The molecule has 0 radical (unpaired) electrons. The minimum absolute atomic E-state index is 0.135. The summed E-state index contributed by atoms with van der Waals surface area (Å²) in [5, 5.41) is 0. The van der Waals surface area contributed by atoms with E-state index in [1.165, 1.54) is 0 Å². The molecule has 6 aromatic carbocycles. The number of carbonyl (C=O) groups excluding carboxylic acids is 4. The van der Waals surface area contributed by atoms with Gasteiger partial charge in [0, 0.05) is 63.9 Å². The minimum atomic E-state index is -0.804. The quantitative estimate of drug-likeness (QED) is 0.0372. The molecule has 6 aromatic rings. The normalized spacial score (nSPS) is 12.9. The van der Waals surface area contributed by atoms with Crippen molar-refractivity contribution in [3.8, 4) is 11.5 Å². The zero-order valence-corrected chi connectivity index (χ0v) is 56.8. The first kappa shape index (κ1) is 68.3. The molecule has 1 heterocycles. The Kier molecular flexibility index (Phi) is 20.6. The summed E-state index contributed by atoms with van der Waals surface area (Å²) in [4.78, 5) is 58.7. The average molecular weight is 1210 g/mol. The predicted molar refractivity (Wildman–Crippen MR) is 359 cm³/mol. The molecule has 89 heavy (non-hydrogen) atoms. The molecule has 0 fully saturated rings. The lowest BCUT2D eigenvalue weighted by Crippen LogP contribution is -2.29. The molecule has 0 amide bonds. The molecule has 0 aliphatic carbocycles. The van der Waals surface area contributed by atoms with Crippen LogP contribution in [-0.2, 0) is 40.6 Å². The molecule has 13 nitrogen and oxygen atoms in total. The van der Waals surface area contributed by atoms with Crippen LogP contribution in [0.3, 0.4) is 0 Å². The van der Waals surface area contributed by atoms with Crippen LogP contribution in [0, 0.1) is 0 Å². The van der Waals surface area contributed by atoms with Gasteiger partial charge in [0.05, 0.1) is 35.4 Å². The van der Waals surface area contributed by atoms with Gasteiger partial charge in [0.25, 0.3) is 0 Å². The molecule has 0 N–H and O–H groups in total. The van der Waals surface area contributed by atoms with Crippen molar-refractivity contribution >= 4 is 58.2 Å². The summed E-state index contributed by atoms with van der Waals surface area (Å²) in [6, 6.07) is 43.4. The van der Waals surface area contributed by atoms with E-state index in [4.69, 9.17) is 28.4 Å². The Balaban J connectivity index is 1.16. The van der Waals surface area contributed by atoms with Gasteiger partial charge in [-0.2, -0.15) is 4.58 Å². The fourth-order valence-electron chi connectivity index (χ4n) is 11.0. The van der Waals surface area contributed by atoms with Gasteiger partial charge in [-0.15, -0.1) is 0 Å². The summed E-state index contributed by atoms with van der Waals surface area (Å²) >= 11 is 0. The largest absolute Gasteiger partial charge is 0.514 e. The standard InChI is InChI=1S/C76H96N3O10/c1-22-78(41-43-84-67(80)52-45-57(71(3,4)5)65(58(46-52)72(6,7)8)86-69(82)88-75(15,16)17)54-37-33-49(34-38-54)62(63-56-31-27-28-32-61(56)77(21)64(63)51-29-25-24-26-30-51)50-35-39-55(40-36-50)79(23-2)42-44-85-68(81)53-47-59(73(9,10)11)66(60(48-53)74(12,13)14)87-70(83)89-76(18,19)20/h24-40,45-48H,22-23,41-44H2,1-21H3/q+1. The Morgan fingerprint density at radius 3 is 1.12 bits per heavy atom. The van der Waals surface area contributed by atoms with Gasteiger partial charge in [0.15, 0.2) is 0 Å². The summed E-state index contributed by atoms with van der Waals surface area (Å²) in [5.41, 5.74) is 10.6. The number of allylic oxidation sites excluding steroid dienone is 1. The summed E-state index contributed by atoms with van der Waals surface area (Å²) in [7, 11) is 2.13. The van der Waals surface area contributed by atoms with E-state index in [1.807, 2.05) is 89.2 Å². The molecule has 0 unspecified atom stereocenters. The summed E-state index contributed by atoms with van der Waals surface area (Å²) in [6.07, 6.45) is -1.61. The number of benzene rings is 6. The van der Waals surface area contributed by atoms with E-state index in [9.17, 15) is 19.2 Å². The predicted octanol–water partition coefficient (Wildman–Crippen LogP) is 17.6. The monoisotopic (exact) mass is 1210 g/mol. The number of anilines is 2. The van der Waals surface area contributed by atoms with Crippen LogP contribution >= 0.6 is 0 Å². The fourth-order valence-corrected chi connectivity index (χ4v) is 11.0. The van der Waals surface area contributed by atoms with Crippen LogP contribution in [0.5, 0.6) is 11.5 Å². The van der Waals surface area contributed by atoms with Crippen LogP contribution in [0.25, 0.3) is 11.1 Å². The highest BCUT2D eigenvalue weighted by Crippen LogP contribution is 2.46. The highest BCUT2D eigenvalue weighted by atomic mass is 16.7.